The average Bonchev–Trinajstić information content (AvgIpc) is 3.20. The molecule has 3 aromatic rings. The number of aliphatic hydroxyl groups excluding tert-OH is 2. The van der Waals surface area contributed by atoms with Gasteiger partial charge in [0.15, 0.2) is 6.23 Å². The number of hydrogen-bond acceptors (Lipinski definition) is 7. The normalized spacial score (nSPS) is 21.5. The lowest BCUT2D eigenvalue weighted by Crippen LogP contribution is -2.48. The van der Waals surface area contributed by atoms with Crippen molar-refractivity contribution in [3.8, 4) is 0 Å². The van der Waals surface area contributed by atoms with Crippen LogP contribution in [0.15, 0.2) is 82.5 Å². The van der Waals surface area contributed by atoms with E-state index in [1.807, 2.05) is 60.7 Å². The van der Waals surface area contributed by atoms with Crippen LogP contribution >= 0.6 is 0 Å². The molecule has 11 nitrogen and oxygen atoms in total. The van der Waals surface area contributed by atoms with Gasteiger partial charge in [-0.25, -0.2) is 4.79 Å². The maximum atomic E-state index is 13.0. The number of amides is 2. The summed E-state index contributed by atoms with van der Waals surface area (Å²) in [5.41, 5.74) is 0.398. The molecular formula is C27H30N4O7. The average molecular weight is 523 g/mol. The number of rotatable bonds is 10. The lowest BCUT2D eigenvalue weighted by atomic mass is 10.0. The van der Waals surface area contributed by atoms with Gasteiger partial charge in [-0.15, -0.1) is 0 Å². The first kappa shape index (κ1) is 27.0. The van der Waals surface area contributed by atoms with E-state index >= 15 is 0 Å². The highest BCUT2D eigenvalue weighted by Gasteiger charge is 2.44. The van der Waals surface area contributed by atoms with Crippen LogP contribution in [0.5, 0.6) is 0 Å². The van der Waals surface area contributed by atoms with Crippen molar-refractivity contribution in [2.45, 2.75) is 56.4 Å². The van der Waals surface area contributed by atoms with Gasteiger partial charge in [0.05, 0.1) is 6.10 Å². The highest BCUT2D eigenvalue weighted by Crippen LogP contribution is 2.30. The fourth-order valence-corrected chi connectivity index (χ4v) is 4.33. The summed E-state index contributed by atoms with van der Waals surface area (Å²) in [5.74, 6) is -0.771. The van der Waals surface area contributed by atoms with E-state index in [0.29, 0.717) is 6.54 Å². The summed E-state index contributed by atoms with van der Waals surface area (Å²) in [6, 6.07) is 19.0. The predicted octanol–water partition coefficient (Wildman–Crippen LogP) is -0.0201. The van der Waals surface area contributed by atoms with Crippen molar-refractivity contribution in [2.75, 3.05) is 0 Å². The second-order valence-electron chi connectivity index (χ2n) is 9.12. The van der Waals surface area contributed by atoms with Crippen LogP contribution in [-0.2, 0) is 27.3 Å². The molecule has 2 aromatic carbocycles. The van der Waals surface area contributed by atoms with Crippen LogP contribution in [0, 0.1) is 0 Å². The van der Waals surface area contributed by atoms with Crippen LogP contribution in [-0.4, -0.2) is 55.9 Å². The Morgan fingerprint density at radius 2 is 1.61 bits per heavy atom. The van der Waals surface area contributed by atoms with Gasteiger partial charge in [-0.3, -0.25) is 23.9 Å². The number of aromatic amines is 1. The minimum Gasteiger partial charge on any atom is -0.388 e. The molecule has 0 spiro atoms. The molecule has 11 heteroatoms. The molecule has 1 aliphatic rings. The molecule has 1 aromatic heterocycles. The second-order valence-corrected chi connectivity index (χ2v) is 9.12. The van der Waals surface area contributed by atoms with Crippen molar-refractivity contribution in [3.05, 3.63) is 105 Å². The van der Waals surface area contributed by atoms with E-state index in [2.05, 4.69) is 15.6 Å². The monoisotopic (exact) mass is 522 g/mol. The maximum Gasteiger partial charge on any atom is 0.330 e. The van der Waals surface area contributed by atoms with Gasteiger partial charge in [-0.1, -0.05) is 60.7 Å². The smallest absolute Gasteiger partial charge is 0.330 e. The molecule has 1 saturated heterocycles. The van der Waals surface area contributed by atoms with E-state index in [9.17, 15) is 29.4 Å². The Hall–Kier alpha value is -4.06. The first-order valence-corrected chi connectivity index (χ1v) is 12.3. The van der Waals surface area contributed by atoms with Crippen molar-refractivity contribution in [1.29, 1.82) is 0 Å². The number of nitrogens with zero attached hydrogens (tertiary/aromatic N) is 1. The minimum absolute atomic E-state index is 0.0301. The number of ether oxygens (including phenoxy) is 1. The lowest BCUT2D eigenvalue weighted by Gasteiger charge is -2.20. The van der Waals surface area contributed by atoms with Gasteiger partial charge in [0.25, 0.3) is 5.56 Å². The van der Waals surface area contributed by atoms with E-state index in [0.717, 1.165) is 21.8 Å². The lowest BCUT2D eigenvalue weighted by molar-refractivity contribution is -0.129. The minimum atomic E-state index is -1.44. The number of carbonyl (C=O) groups excluding carboxylic acids is 2. The van der Waals surface area contributed by atoms with Crippen LogP contribution in [0.1, 0.15) is 30.2 Å². The van der Waals surface area contributed by atoms with Crippen molar-refractivity contribution in [2.24, 2.45) is 0 Å². The van der Waals surface area contributed by atoms with Crippen LogP contribution in [0.25, 0.3) is 0 Å². The number of aliphatic hydroxyl groups is 2. The molecular weight excluding hydrogens is 492 g/mol. The fraction of sp³-hybridized carbons (Fsp3) is 0.333. The Balaban J connectivity index is 1.37. The standard InChI is InChI=1S/C27H30N4O7/c32-21(12-11-20-23(34)24(35)26(38-20)31-14-13-22(33)30-27(31)37)29-19(15-17-7-3-1-4-8-17)25(36)28-16-18-9-5-2-6-10-18/h1-10,13-14,19-20,23-24,26,34-35H,11-12,15-16H2,(H,28,36)(H,29,32)(H,30,33,37)/t19-,20+,23+,24+,26+/m0/s1. The van der Waals surface area contributed by atoms with E-state index in [-0.39, 0.29) is 25.2 Å². The van der Waals surface area contributed by atoms with Crippen LogP contribution in [0.2, 0.25) is 0 Å². The van der Waals surface area contributed by atoms with Crippen molar-refractivity contribution < 1.29 is 24.5 Å². The molecule has 1 fully saturated rings. The van der Waals surface area contributed by atoms with E-state index in [4.69, 9.17) is 4.74 Å². The summed E-state index contributed by atoms with van der Waals surface area (Å²) >= 11 is 0. The molecule has 0 unspecified atom stereocenters. The number of nitrogens with one attached hydrogen (secondary N) is 3. The summed E-state index contributed by atoms with van der Waals surface area (Å²) in [6.07, 6.45) is -3.59. The quantitative estimate of drug-likeness (QED) is 0.250. The Morgan fingerprint density at radius 1 is 0.947 bits per heavy atom. The first-order valence-electron chi connectivity index (χ1n) is 12.3. The predicted molar refractivity (Wildman–Crippen MR) is 137 cm³/mol. The molecule has 0 bridgehead atoms. The summed E-state index contributed by atoms with van der Waals surface area (Å²) < 4.78 is 6.63. The van der Waals surface area contributed by atoms with Gasteiger partial charge in [0, 0.05) is 31.6 Å². The zero-order valence-electron chi connectivity index (χ0n) is 20.5. The zero-order chi connectivity index (χ0) is 27.1. The van der Waals surface area contributed by atoms with Crippen LogP contribution in [0.3, 0.4) is 0 Å². The first-order chi connectivity index (χ1) is 18.3. The van der Waals surface area contributed by atoms with Gasteiger partial charge in [-0.2, -0.15) is 0 Å². The number of aromatic nitrogens is 2. The van der Waals surface area contributed by atoms with E-state index in [1.54, 1.807) is 0 Å². The van der Waals surface area contributed by atoms with Crippen molar-refractivity contribution in [1.82, 2.24) is 20.2 Å². The summed E-state index contributed by atoms with van der Waals surface area (Å²) in [7, 11) is 0. The summed E-state index contributed by atoms with van der Waals surface area (Å²) in [4.78, 5) is 51.3. The molecule has 2 amide bonds. The molecule has 38 heavy (non-hydrogen) atoms. The Morgan fingerprint density at radius 3 is 2.26 bits per heavy atom. The SMILES string of the molecule is O=C(CC[C@H]1O[C@@H](n2ccc(=O)[nH]c2=O)[C@H](O)[C@@H]1O)N[C@@H](Cc1ccccc1)C(=O)NCc1ccccc1. The highest BCUT2D eigenvalue weighted by atomic mass is 16.6. The molecule has 5 atom stereocenters. The molecule has 4 rings (SSSR count). The summed E-state index contributed by atoms with van der Waals surface area (Å²) in [5, 5.41) is 26.5. The third-order valence-electron chi connectivity index (χ3n) is 6.36. The third-order valence-corrected chi connectivity index (χ3v) is 6.36. The molecule has 0 saturated carbocycles. The number of carbonyl (C=O) groups is 2. The molecule has 1 aliphatic heterocycles. The molecule has 5 N–H and O–H groups in total. The Labute approximate surface area is 218 Å². The molecule has 0 radical (unpaired) electrons. The molecule has 2 heterocycles. The van der Waals surface area contributed by atoms with Crippen LogP contribution in [0.4, 0.5) is 0 Å². The Kier molecular flexibility index (Phi) is 8.85. The van der Waals surface area contributed by atoms with E-state index in [1.165, 1.54) is 6.20 Å². The van der Waals surface area contributed by atoms with Gasteiger partial charge < -0.3 is 25.6 Å². The van der Waals surface area contributed by atoms with Crippen molar-refractivity contribution in [3.63, 3.8) is 0 Å². The maximum absolute atomic E-state index is 13.0. The molecule has 200 valence electrons. The van der Waals surface area contributed by atoms with Gasteiger partial charge in [0.1, 0.15) is 18.2 Å². The largest absolute Gasteiger partial charge is 0.388 e. The van der Waals surface area contributed by atoms with Gasteiger partial charge in [-0.05, 0) is 17.5 Å². The van der Waals surface area contributed by atoms with Gasteiger partial charge in [0.2, 0.25) is 11.8 Å². The Bertz CT molecular complexity index is 1340. The topological polar surface area (TPSA) is 163 Å². The van der Waals surface area contributed by atoms with E-state index < -0.39 is 47.7 Å². The number of H-pyrrole nitrogens is 1. The zero-order valence-corrected chi connectivity index (χ0v) is 20.5. The second kappa shape index (κ2) is 12.5. The third kappa shape index (κ3) is 6.82. The summed E-state index contributed by atoms with van der Waals surface area (Å²) in [6.45, 7) is 0.312. The highest BCUT2D eigenvalue weighted by molar-refractivity contribution is 5.87. The van der Waals surface area contributed by atoms with Crippen LogP contribution < -0.4 is 21.9 Å². The van der Waals surface area contributed by atoms with Gasteiger partial charge >= 0.3 is 5.69 Å². The van der Waals surface area contributed by atoms with Crippen molar-refractivity contribution >= 4 is 11.8 Å². The fourth-order valence-electron chi connectivity index (χ4n) is 4.33. The molecule has 0 aliphatic carbocycles. The number of benzene rings is 2. The number of hydrogen-bond donors (Lipinski definition) is 5.